The van der Waals surface area contributed by atoms with E-state index in [1.54, 1.807) is 6.07 Å². The molecule has 2 N–H and O–H groups in total. The van der Waals surface area contributed by atoms with E-state index in [0.29, 0.717) is 13.0 Å². The van der Waals surface area contributed by atoms with E-state index in [2.05, 4.69) is 4.98 Å². The Kier molecular flexibility index (Phi) is 5.44. The maximum absolute atomic E-state index is 12.1. The molecule has 1 atom stereocenters. The Morgan fingerprint density at radius 1 is 1.53 bits per heavy atom. The Morgan fingerprint density at radius 2 is 2.21 bits per heavy atom. The lowest BCUT2D eigenvalue weighted by atomic mass is 10.1. The van der Waals surface area contributed by atoms with Crippen LogP contribution >= 0.6 is 0 Å². The van der Waals surface area contributed by atoms with E-state index < -0.39 is 15.9 Å². The maximum Gasteiger partial charge on any atom is 0.244 e. The van der Waals surface area contributed by atoms with Gasteiger partial charge < -0.3 is 5.73 Å². The Labute approximate surface area is 115 Å². The van der Waals surface area contributed by atoms with Gasteiger partial charge in [-0.1, -0.05) is 13.8 Å². The first-order valence-corrected chi connectivity index (χ1v) is 7.65. The summed E-state index contributed by atoms with van der Waals surface area (Å²) >= 11 is 0. The van der Waals surface area contributed by atoms with Gasteiger partial charge in [0.15, 0.2) is 0 Å². The predicted octanol–water partition coefficient (Wildman–Crippen LogP) is 0.850. The fourth-order valence-corrected chi connectivity index (χ4v) is 3.29. The van der Waals surface area contributed by atoms with Crippen LogP contribution in [0.4, 0.5) is 0 Å². The summed E-state index contributed by atoms with van der Waals surface area (Å²) in [7, 11) is -3.54. The summed E-state index contributed by atoms with van der Waals surface area (Å²) in [6.45, 7) is 4.48. The second kappa shape index (κ2) is 6.63. The number of rotatable bonds is 3. The van der Waals surface area contributed by atoms with E-state index in [0.717, 1.165) is 0 Å². The Bertz CT molecular complexity index is 522. The van der Waals surface area contributed by atoms with Crippen molar-refractivity contribution in [3.05, 3.63) is 24.5 Å². The monoisotopic (exact) mass is 287 g/mol. The molecule has 1 aromatic rings. The van der Waals surface area contributed by atoms with E-state index in [1.807, 2.05) is 13.8 Å². The molecule has 7 heteroatoms. The average Bonchev–Trinajstić information content (AvgIpc) is 2.92. The second-order valence-electron chi connectivity index (χ2n) is 3.94. The minimum atomic E-state index is -3.54. The van der Waals surface area contributed by atoms with E-state index in [-0.39, 0.29) is 18.8 Å². The number of nitrogens with two attached hydrogens (primary N) is 1. The third-order valence-electron chi connectivity index (χ3n) is 2.83. The lowest BCUT2D eigenvalue weighted by Crippen LogP contribution is -2.31. The molecule has 2 heterocycles. The van der Waals surface area contributed by atoms with Crippen LogP contribution in [0.2, 0.25) is 0 Å². The van der Waals surface area contributed by atoms with Gasteiger partial charge in [-0.15, -0.1) is 0 Å². The first kappa shape index (κ1) is 15.6. The summed E-state index contributed by atoms with van der Waals surface area (Å²) < 4.78 is 25.6. The van der Waals surface area contributed by atoms with Gasteiger partial charge in [0.2, 0.25) is 15.9 Å². The fraction of sp³-hybridized carbons (Fsp3) is 0.500. The molecule has 1 saturated heterocycles. The number of aromatic nitrogens is 1. The fourth-order valence-electron chi connectivity index (χ4n) is 1.83. The van der Waals surface area contributed by atoms with Gasteiger partial charge in [-0.3, -0.25) is 9.78 Å². The Balaban J connectivity index is 0.00000115. The first-order chi connectivity index (χ1) is 9.01. The van der Waals surface area contributed by atoms with Crippen LogP contribution in [0, 0.1) is 5.92 Å². The van der Waals surface area contributed by atoms with Gasteiger partial charge in [-0.25, -0.2) is 8.42 Å². The number of carbonyl (C=O) groups is 1. The lowest BCUT2D eigenvalue weighted by molar-refractivity contribution is -0.121. The molecular weight excluding hydrogens is 266 g/mol. The number of pyridine rings is 1. The van der Waals surface area contributed by atoms with Gasteiger partial charge in [-0.05, 0) is 18.6 Å². The molecule has 0 spiro atoms. The second-order valence-corrected chi connectivity index (χ2v) is 5.88. The van der Waals surface area contributed by atoms with Crippen LogP contribution in [0.25, 0.3) is 0 Å². The SMILES string of the molecule is CC.NC(=O)[C@H]1CCN(S(=O)(=O)c2cccnc2)C1.[HH]. The number of carbonyl (C=O) groups excluding carboxylic acids is 1. The maximum atomic E-state index is 12.1. The molecule has 0 saturated carbocycles. The van der Waals surface area contributed by atoms with Crippen molar-refractivity contribution in [2.45, 2.75) is 25.2 Å². The smallest absolute Gasteiger partial charge is 0.244 e. The van der Waals surface area contributed by atoms with Crippen molar-refractivity contribution < 1.29 is 14.6 Å². The summed E-state index contributed by atoms with van der Waals surface area (Å²) in [6, 6.07) is 3.05. The zero-order valence-electron chi connectivity index (χ0n) is 11.1. The molecule has 1 aromatic heterocycles. The normalized spacial score (nSPS) is 19.6. The Hall–Kier alpha value is -1.47. The van der Waals surface area contributed by atoms with Gasteiger partial charge in [0.25, 0.3) is 0 Å². The largest absolute Gasteiger partial charge is 0.369 e. The molecule has 0 aliphatic carbocycles. The average molecular weight is 287 g/mol. The van der Waals surface area contributed by atoms with Crippen LogP contribution in [0.1, 0.15) is 21.7 Å². The van der Waals surface area contributed by atoms with Crippen LogP contribution < -0.4 is 5.73 Å². The highest BCUT2D eigenvalue weighted by Crippen LogP contribution is 2.23. The van der Waals surface area contributed by atoms with Crippen LogP contribution in [-0.2, 0) is 14.8 Å². The Morgan fingerprint density at radius 3 is 2.68 bits per heavy atom. The number of sulfonamides is 1. The van der Waals surface area contributed by atoms with Gasteiger partial charge in [0.1, 0.15) is 4.90 Å². The van der Waals surface area contributed by atoms with Crippen molar-refractivity contribution in [1.82, 2.24) is 9.29 Å². The van der Waals surface area contributed by atoms with Crippen molar-refractivity contribution in [3.63, 3.8) is 0 Å². The third-order valence-corrected chi connectivity index (χ3v) is 4.67. The van der Waals surface area contributed by atoms with E-state index in [1.165, 1.54) is 22.8 Å². The molecule has 108 valence electrons. The highest BCUT2D eigenvalue weighted by Gasteiger charge is 2.34. The first-order valence-electron chi connectivity index (χ1n) is 6.21. The molecular formula is C12H21N3O3S. The number of amides is 1. The minimum absolute atomic E-state index is 0. The van der Waals surface area contributed by atoms with Crippen LogP contribution in [-0.4, -0.2) is 36.7 Å². The summed E-state index contributed by atoms with van der Waals surface area (Å²) in [5.41, 5.74) is 5.17. The molecule has 0 radical (unpaired) electrons. The van der Waals surface area contributed by atoms with Crippen molar-refractivity contribution in [2.75, 3.05) is 13.1 Å². The topological polar surface area (TPSA) is 93.4 Å². The quantitative estimate of drug-likeness (QED) is 0.891. The highest BCUT2D eigenvalue weighted by molar-refractivity contribution is 7.89. The molecule has 1 fully saturated rings. The number of hydrogen-bond acceptors (Lipinski definition) is 4. The van der Waals surface area contributed by atoms with Gasteiger partial charge >= 0.3 is 0 Å². The van der Waals surface area contributed by atoms with Gasteiger partial charge in [0, 0.05) is 26.9 Å². The van der Waals surface area contributed by atoms with Crippen LogP contribution in [0.15, 0.2) is 29.4 Å². The number of primary amides is 1. The highest BCUT2D eigenvalue weighted by atomic mass is 32.2. The minimum Gasteiger partial charge on any atom is -0.369 e. The molecule has 0 bridgehead atoms. The molecule has 0 unspecified atom stereocenters. The van der Waals surface area contributed by atoms with Crippen molar-refractivity contribution >= 4 is 15.9 Å². The summed E-state index contributed by atoms with van der Waals surface area (Å²) in [4.78, 5) is 14.9. The number of nitrogens with zero attached hydrogens (tertiary/aromatic N) is 2. The van der Waals surface area contributed by atoms with E-state index in [4.69, 9.17) is 5.73 Å². The zero-order valence-corrected chi connectivity index (χ0v) is 11.9. The predicted molar refractivity (Wildman–Crippen MR) is 73.8 cm³/mol. The van der Waals surface area contributed by atoms with Crippen LogP contribution in [0.5, 0.6) is 0 Å². The van der Waals surface area contributed by atoms with Gasteiger partial charge in [-0.2, -0.15) is 4.31 Å². The number of hydrogen-bond donors (Lipinski definition) is 1. The van der Waals surface area contributed by atoms with Crippen molar-refractivity contribution in [3.8, 4) is 0 Å². The van der Waals surface area contributed by atoms with Crippen LogP contribution in [0.3, 0.4) is 0 Å². The molecule has 0 aromatic carbocycles. The van der Waals surface area contributed by atoms with Crippen molar-refractivity contribution in [2.24, 2.45) is 11.7 Å². The standard InChI is InChI=1S/C10H13N3O3S.C2H6.H2/c11-10(14)8-3-5-13(7-8)17(15,16)9-2-1-4-12-6-9;1-2;/h1-2,4,6,8H,3,5,7H2,(H2,11,14);1-2H3;1H/t8-;;/m0../s1. The summed E-state index contributed by atoms with van der Waals surface area (Å²) in [5.74, 6) is -0.838. The van der Waals surface area contributed by atoms with Gasteiger partial charge in [0.05, 0.1) is 5.92 Å². The summed E-state index contributed by atoms with van der Waals surface area (Å²) in [6.07, 6.45) is 3.29. The molecule has 1 amide bonds. The molecule has 1 aliphatic rings. The van der Waals surface area contributed by atoms with E-state index >= 15 is 0 Å². The molecule has 19 heavy (non-hydrogen) atoms. The summed E-state index contributed by atoms with van der Waals surface area (Å²) in [5, 5.41) is 0. The zero-order chi connectivity index (χ0) is 14.5. The third kappa shape index (κ3) is 3.51. The molecule has 1 aliphatic heterocycles. The molecule has 6 nitrogen and oxygen atoms in total. The van der Waals surface area contributed by atoms with Crippen molar-refractivity contribution in [1.29, 1.82) is 0 Å². The molecule has 2 rings (SSSR count). The lowest BCUT2D eigenvalue weighted by Gasteiger charge is -2.15. The van der Waals surface area contributed by atoms with E-state index in [9.17, 15) is 13.2 Å².